The average molecular weight is 425 g/mol. The zero-order valence-corrected chi connectivity index (χ0v) is 17.8. The highest BCUT2D eigenvalue weighted by molar-refractivity contribution is 6.11. The fraction of sp³-hybridized carbons (Fsp3) is 0.167. The van der Waals surface area contributed by atoms with E-state index >= 15 is 0 Å². The Morgan fingerprint density at radius 3 is 2.69 bits per heavy atom. The van der Waals surface area contributed by atoms with Crippen molar-refractivity contribution in [1.29, 1.82) is 0 Å². The molecule has 0 bridgehead atoms. The van der Waals surface area contributed by atoms with E-state index in [-0.39, 0.29) is 23.3 Å². The summed E-state index contributed by atoms with van der Waals surface area (Å²) in [4.78, 5) is 25.7. The highest BCUT2D eigenvalue weighted by atomic mass is 16.1. The second kappa shape index (κ2) is 7.81. The quantitative estimate of drug-likeness (QED) is 0.368. The molecule has 0 unspecified atom stereocenters. The Morgan fingerprint density at radius 2 is 1.91 bits per heavy atom. The van der Waals surface area contributed by atoms with Gasteiger partial charge in [0.15, 0.2) is 5.65 Å². The minimum Gasteiger partial charge on any atom is -0.383 e. The second-order valence-corrected chi connectivity index (χ2v) is 7.77. The Labute approximate surface area is 184 Å². The van der Waals surface area contributed by atoms with Crippen molar-refractivity contribution in [3.8, 4) is 0 Å². The van der Waals surface area contributed by atoms with E-state index in [1.54, 1.807) is 6.21 Å². The van der Waals surface area contributed by atoms with E-state index in [4.69, 9.17) is 15.7 Å². The molecule has 0 fully saturated rings. The van der Waals surface area contributed by atoms with Crippen molar-refractivity contribution < 1.29 is 4.79 Å². The standard InChI is InChI=1S/C24H23N7O/c1-3-14(2)28-24(32)20-21-23(30-19-11-7-6-10-18(19)29-21)31(22(20)25)27-13-15-12-26-17-9-5-4-8-16(15)17/h4-14,26H,3,25H2,1-2H3,(H,28,32)/b27-13-/t14-/m0/s1. The third-order valence-corrected chi connectivity index (χ3v) is 5.62. The summed E-state index contributed by atoms with van der Waals surface area (Å²) in [7, 11) is 0. The van der Waals surface area contributed by atoms with Crippen LogP contribution in [0.15, 0.2) is 59.8 Å². The zero-order chi connectivity index (χ0) is 22.2. The number of nitrogens with two attached hydrogens (primary N) is 1. The predicted octanol–water partition coefficient (Wildman–Crippen LogP) is 4.06. The summed E-state index contributed by atoms with van der Waals surface area (Å²) in [6.45, 7) is 3.96. The first-order valence-corrected chi connectivity index (χ1v) is 10.5. The van der Waals surface area contributed by atoms with E-state index < -0.39 is 0 Å². The molecule has 1 amide bonds. The molecule has 3 heterocycles. The second-order valence-electron chi connectivity index (χ2n) is 7.77. The number of nitrogens with zero attached hydrogens (tertiary/aromatic N) is 4. The SMILES string of the molecule is CC[C@H](C)NC(=O)c1c(N)n(/N=C\c2c[nH]c3ccccc23)c2nc3ccccc3nc12. The predicted molar refractivity (Wildman–Crippen MR) is 128 cm³/mol. The highest BCUT2D eigenvalue weighted by Gasteiger charge is 2.24. The number of benzene rings is 2. The number of fused-ring (bicyclic) bond motifs is 3. The van der Waals surface area contributed by atoms with E-state index in [1.807, 2.05) is 68.6 Å². The van der Waals surface area contributed by atoms with Crippen LogP contribution in [0.25, 0.3) is 33.1 Å². The molecule has 8 heteroatoms. The van der Waals surface area contributed by atoms with Gasteiger partial charge in [-0.15, -0.1) is 0 Å². The molecule has 5 rings (SSSR count). The largest absolute Gasteiger partial charge is 0.383 e. The van der Waals surface area contributed by atoms with Crippen LogP contribution in [0.1, 0.15) is 36.2 Å². The summed E-state index contributed by atoms with van der Waals surface area (Å²) < 4.78 is 1.49. The number of aromatic amines is 1. The molecule has 0 aliphatic heterocycles. The van der Waals surface area contributed by atoms with Crippen LogP contribution in [0, 0.1) is 0 Å². The van der Waals surface area contributed by atoms with Gasteiger partial charge >= 0.3 is 0 Å². The molecule has 5 aromatic rings. The number of carbonyl (C=O) groups excluding carboxylic acids is 1. The molecular weight excluding hydrogens is 402 g/mol. The van der Waals surface area contributed by atoms with Crippen LogP contribution in [0.3, 0.4) is 0 Å². The van der Waals surface area contributed by atoms with Crippen LogP contribution in [-0.4, -0.2) is 37.8 Å². The number of para-hydroxylation sites is 3. The van der Waals surface area contributed by atoms with Gasteiger partial charge in [0.25, 0.3) is 5.91 Å². The minimum atomic E-state index is -0.285. The molecule has 2 aromatic carbocycles. The van der Waals surface area contributed by atoms with Crippen molar-refractivity contribution in [1.82, 2.24) is 24.9 Å². The van der Waals surface area contributed by atoms with Crippen LogP contribution in [0.5, 0.6) is 0 Å². The van der Waals surface area contributed by atoms with Crippen LogP contribution in [0.2, 0.25) is 0 Å². The average Bonchev–Trinajstić information content (AvgIpc) is 3.33. The molecule has 0 aliphatic rings. The smallest absolute Gasteiger partial charge is 0.257 e. The van der Waals surface area contributed by atoms with Gasteiger partial charge in [-0.25, -0.2) is 9.97 Å². The number of hydrogen-bond acceptors (Lipinski definition) is 5. The Bertz CT molecular complexity index is 1490. The summed E-state index contributed by atoms with van der Waals surface area (Å²) >= 11 is 0. The number of nitrogen functional groups attached to an aromatic ring is 1. The normalized spacial score (nSPS) is 12.8. The van der Waals surface area contributed by atoms with Gasteiger partial charge < -0.3 is 16.0 Å². The summed E-state index contributed by atoms with van der Waals surface area (Å²) in [6.07, 6.45) is 4.40. The van der Waals surface area contributed by atoms with Gasteiger partial charge in [-0.1, -0.05) is 37.3 Å². The summed E-state index contributed by atoms with van der Waals surface area (Å²) in [6, 6.07) is 15.5. The minimum absolute atomic E-state index is 0.00318. The maximum absolute atomic E-state index is 13.1. The molecule has 4 N–H and O–H groups in total. The fourth-order valence-corrected chi connectivity index (χ4v) is 3.71. The van der Waals surface area contributed by atoms with Gasteiger partial charge in [0.1, 0.15) is 16.9 Å². The van der Waals surface area contributed by atoms with E-state index in [2.05, 4.69) is 15.4 Å². The lowest BCUT2D eigenvalue weighted by molar-refractivity contribution is 0.0941. The molecule has 160 valence electrons. The van der Waals surface area contributed by atoms with Crippen LogP contribution in [0.4, 0.5) is 5.82 Å². The van der Waals surface area contributed by atoms with Crippen LogP contribution < -0.4 is 11.1 Å². The number of anilines is 1. The lowest BCUT2D eigenvalue weighted by atomic mass is 10.2. The highest BCUT2D eigenvalue weighted by Crippen LogP contribution is 2.28. The van der Waals surface area contributed by atoms with E-state index in [9.17, 15) is 4.79 Å². The molecular formula is C24H23N7O. The molecule has 3 aromatic heterocycles. The first kappa shape index (κ1) is 19.7. The van der Waals surface area contributed by atoms with Crippen molar-refractivity contribution in [3.05, 3.63) is 65.9 Å². The summed E-state index contributed by atoms with van der Waals surface area (Å²) in [5.74, 6) is -0.0836. The third kappa shape index (κ3) is 3.26. The van der Waals surface area contributed by atoms with Crippen molar-refractivity contribution in [2.24, 2.45) is 5.10 Å². The van der Waals surface area contributed by atoms with Gasteiger partial charge in [0, 0.05) is 28.7 Å². The zero-order valence-electron chi connectivity index (χ0n) is 17.8. The molecule has 1 atom stereocenters. The Hall–Kier alpha value is -4.20. The van der Waals surface area contributed by atoms with Crippen LogP contribution in [-0.2, 0) is 0 Å². The van der Waals surface area contributed by atoms with E-state index in [0.717, 1.165) is 22.9 Å². The topological polar surface area (TPSA) is 114 Å². The van der Waals surface area contributed by atoms with Crippen molar-refractivity contribution >= 4 is 51.0 Å². The van der Waals surface area contributed by atoms with Gasteiger partial charge in [0.2, 0.25) is 0 Å². The maximum atomic E-state index is 13.1. The van der Waals surface area contributed by atoms with Gasteiger partial charge in [-0.2, -0.15) is 9.78 Å². The molecule has 0 aliphatic carbocycles. The van der Waals surface area contributed by atoms with E-state index in [1.165, 1.54) is 4.68 Å². The molecule has 0 saturated carbocycles. The van der Waals surface area contributed by atoms with Gasteiger partial charge in [0.05, 0.1) is 17.2 Å². The first-order chi connectivity index (χ1) is 15.6. The third-order valence-electron chi connectivity index (χ3n) is 5.62. The Morgan fingerprint density at radius 1 is 1.19 bits per heavy atom. The lowest BCUT2D eigenvalue weighted by Gasteiger charge is -2.11. The molecule has 8 nitrogen and oxygen atoms in total. The summed E-state index contributed by atoms with van der Waals surface area (Å²) in [5.41, 5.74) is 10.9. The molecule has 32 heavy (non-hydrogen) atoms. The number of aromatic nitrogens is 4. The molecule has 0 radical (unpaired) electrons. The fourth-order valence-electron chi connectivity index (χ4n) is 3.71. The first-order valence-electron chi connectivity index (χ1n) is 10.5. The lowest BCUT2D eigenvalue weighted by Crippen LogP contribution is -2.32. The number of rotatable bonds is 5. The number of nitrogens with one attached hydrogen (secondary N) is 2. The van der Waals surface area contributed by atoms with Crippen molar-refractivity contribution in [2.75, 3.05) is 5.73 Å². The Kier molecular flexibility index (Phi) is 4.82. The van der Waals surface area contributed by atoms with Crippen molar-refractivity contribution in [2.45, 2.75) is 26.3 Å². The number of carbonyl (C=O) groups is 1. The van der Waals surface area contributed by atoms with Crippen molar-refractivity contribution in [3.63, 3.8) is 0 Å². The number of H-pyrrole nitrogens is 1. The van der Waals surface area contributed by atoms with E-state index in [0.29, 0.717) is 22.2 Å². The van der Waals surface area contributed by atoms with Gasteiger partial charge in [-0.3, -0.25) is 4.79 Å². The maximum Gasteiger partial charge on any atom is 0.257 e. The number of amides is 1. The number of hydrogen-bond donors (Lipinski definition) is 3. The van der Waals surface area contributed by atoms with Crippen LogP contribution >= 0.6 is 0 Å². The molecule has 0 spiro atoms. The van der Waals surface area contributed by atoms with Gasteiger partial charge in [-0.05, 0) is 31.5 Å². The monoisotopic (exact) mass is 425 g/mol. The molecule has 0 saturated heterocycles. The Balaban J connectivity index is 1.69. The summed E-state index contributed by atoms with van der Waals surface area (Å²) in [5, 5.41) is 8.62.